The summed E-state index contributed by atoms with van der Waals surface area (Å²) in [6, 6.07) is 0. The molecule has 0 saturated carbocycles. The largest absolute Gasteiger partial charge is 0.396 e. The van der Waals surface area contributed by atoms with Crippen LogP contribution in [0.2, 0.25) is 0 Å². The van der Waals surface area contributed by atoms with Crippen LogP contribution in [-0.2, 0) is 4.79 Å². The number of aliphatic hydroxyl groups is 1. The number of aliphatic hydroxyl groups excluding tert-OH is 1. The lowest BCUT2D eigenvalue weighted by molar-refractivity contribution is -0.131. The molecule has 0 aromatic rings. The molecule has 1 N–H and O–H groups in total. The highest BCUT2D eigenvalue weighted by atomic mass is 16.3. The van der Waals surface area contributed by atoms with E-state index in [-0.39, 0.29) is 12.5 Å². The predicted molar refractivity (Wildman–Crippen MR) is 73.3 cm³/mol. The first kappa shape index (κ1) is 15.2. The van der Waals surface area contributed by atoms with Crippen LogP contribution in [0.1, 0.15) is 26.7 Å². The van der Waals surface area contributed by atoms with Crippen molar-refractivity contribution < 1.29 is 9.90 Å². The minimum absolute atomic E-state index is 0.185. The Morgan fingerprint density at radius 2 is 2.28 bits per heavy atom. The second-order valence-corrected chi connectivity index (χ2v) is 5.27. The van der Waals surface area contributed by atoms with Crippen LogP contribution in [0.3, 0.4) is 0 Å². The quantitative estimate of drug-likeness (QED) is 0.692. The second kappa shape index (κ2) is 7.54. The highest BCUT2D eigenvalue weighted by Gasteiger charge is 2.24. The van der Waals surface area contributed by atoms with Gasteiger partial charge in [0, 0.05) is 26.2 Å². The lowest BCUT2D eigenvalue weighted by Gasteiger charge is -2.24. The summed E-state index contributed by atoms with van der Waals surface area (Å²) in [6.45, 7) is 11.9. The molecule has 1 atom stereocenters. The van der Waals surface area contributed by atoms with E-state index >= 15 is 0 Å². The van der Waals surface area contributed by atoms with Crippen LogP contribution < -0.4 is 0 Å². The molecule has 0 aliphatic carbocycles. The molecule has 0 aromatic carbocycles. The first-order chi connectivity index (χ1) is 8.56. The van der Waals surface area contributed by atoms with E-state index in [2.05, 4.69) is 11.5 Å². The van der Waals surface area contributed by atoms with E-state index in [0.29, 0.717) is 19.0 Å². The van der Waals surface area contributed by atoms with Gasteiger partial charge in [0.1, 0.15) is 0 Å². The molecule has 1 unspecified atom stereocenters. The zero-order valence-electron chi connectivity index (χ0n) is 11.7. The van der Waals surface area contributed by atoms with E-state index in [1.807, 2.05) is 18.7 Å². The van der Waals surface area contributed by atoms with Crippen LogP contribution >= 0.6 is 0 Å². The zero-order valence-corrected chi connectivity index (χ0v) is 11.7. The lowest BCUT2D eigenvalue weighted by Crippen LogP contribution is -2.40. The van der Waals surface area contributed by atoms with Gasteiger partial charge in [-0.15, -0.1) is 0 Å². The number of nitrogens with zero attached hydrogens (tertiary/aromatic N) is 2. The van der Waals surface area contributed by atoms with Gasteiger partial charge in [0.2, 0.25) is 5.91 Å². The Balaban J connectivity index is 2.37. The first-order valence-electron chi connectivity index (χ1n) is 6.82. The van der Waals surface area contributed by atoms with Crippen LogP contribution in [0, 0.1) is 5.92 Å². The molecule has 1 heterocycles. The molecule has 0 aromatic heterocycles. The van der Waals surface area contributed by atoms with Crippen molar-refractivity contribution in [1.29, 1.82) is 0 Å². The molecule has 4 nitrogen and oxygen atoms in total. The number of rotatable bonds is 7. The monoisotopic (exact) mass is 254 g/mol. The normalized spacial score (nSPS) is 20.1. The van der Waals surface area contributed by atoms with Gasteiger partial charge in [-0.2, -0.15) is 0 Å². The summed E-state index contributed by atoms with van der Waals surface area (Å²) in [5, 5.41) is 8.92. The van der Waals surface area contributed by atoms with E-state index in [9.17, 15) is 4.79 Å². The maximum atomic E-state index is 12.1. The smallest absolute Gasteiger partial charge is 0.237 e. The summed E-state index contributed by atoms with van der Waals surface area (Å²) in [5.74, 6) is 0.740. The van der Waals surface area contributed by atoms with E-state index in [1.54, 1.807) is 0 Å². The topological polar surface area (TPSA) is 43.8 Å². The maximum absolute atomic E-state index is 12.1. The third-order valence-corrected chi connectivity index (χ3v) is 3.46. The summed E-state index contributed by atoms with van der Waals surface area (Å²) in [5.41, 5.74) is 1.02. The van der Waals surface area contributed by atoms with Gasteiger partial charge in [-0.25, -0.2) is 0 Å². The van der Waals surface area contributed by atoms with Crippen molar-refractivity contribution in [2.45, 2.75) is 26.7 Å². The molecule has 0 spiro atoms. The van der Waals surface area contributed by atoms with Crippen LogP contribution in [0.25, 0.3) is 0 Å². The summed E-state index contributed by atoms with van der Waals surface area (Å²) in [4.78, 5) is 16.2. The van der Waals surface area contributed by atoms with Crippen molar-refractivity contribution in [2.75, 3.05) is 39.3 Å². The van der Waals surface area contributed by atoms with Gasteiger partial charge in [-0.3, -0.25) is 9.69 Å². The standard InChI is InChI=1S/C14H26N2O2/c1-4-16(9-12(2)3)14(18)11-15-7-5-13(10-15)6-8-17/h13,17H,2,4-11H2,1,3H3. The number of likely N-dealkylation sites (N-methyl/N-ethyl adjacent to an activating group) is 1. The molecule has 1 saturated heterocycles. The average Bonchev–Trinajstić information content (AvgIpc) is 2.73. The molecular formula is C14H26N2O2. The maximum Gasteiger partial charge on any atom is 0.237 e. The second-order valence-electron chi connectivity index (χ2n) is 5.27. The molecule has 1 rings (SSSR count). The Morgan fingerprint density at radius 1 is 1.56 bits per heavy atom. The lowest BCUT2D eigenvalue weighted by atomic mass is 10.1. The number of amides is 1. The fraction of sp³-hybridized carbons (Fsp3) is 0.786. The minimum atomic E-state index is 0.185. The highest BCUT2D eigenvalue weighted by molar-refractivity contribution is 5.78. The zero-order chi connectivity index (χ0) is 13.5. The fourth-order valence-corrected chi connectivity index (χ4v) is 2.47. The minimum Gasteiger partial charge on any atom is -0.396 e. The first-order valence-corrected chi connectivity index (χ1v) is 6.82. The molecule has 4 heteroatoms. The number of carbonyl (C=O) groups is 1. The Morgan fingerprint density at radius 3 is 2.83 bits per heavy atom. The third-order valence-electron chi connectivity index (χ3n) is 3.46. The summed E-state index contributed by atoms with van der Waals surface area (Å²) >= 11 is 0. The van der Waals surface area contributed by atoms with E-state index < -0.39 is 0 Å². The van der Waals surface area contributed by atoms with Crippen LogP contribution in [0.4, 0.5) is 0 Å². The number of carbonyl (C=O) groups excluding carboxylic acids is 1. The van der Waals surface area contributed by atoms with Gasteiger partial charge >= 0.3 is 0 Å². The number of hydrogen-bond acceptors (Lipinski definition) is 3. The Hall–Kier alpha value is -0.870. The van der Waals surface area contributed by atoms with Gasteiger partial charge < -0.3 is 10.0 Å². The van der Waals surface area contributed by atoms with Crippen molar-refractivity contribution in [1.82, 2.24) is 9.80 Å². The van der Waals surface area contributed by atoms with Crippen molar-refractivity contribution >= 4 is 5.91 Å². The molecule has 1 amide bonds. The van der Waals surface area contributed by atoms with Crippen molar-refractivity contribution in [3.63, 3.8) is 0 Å². The van der Waals surface area contributed by atoms with Crippen LogP contribution in [0.5, 0.6) is 0 Å². The number of likely N-dealkylation sites (tertiary alicyclic amines) is 1. The van der Waals surface area contributed by atoms with E-state index in [0.717, 1.165) is 38.0 Å². The molecule has 0 bridgehead atoms. The highest BCUT2D eigenvalue weighted by Crippen LogP contribution is 2.18. The SMILES string of the molecule is C=C(C)CN(CC)C(=O)CN1CCC(CCO)C1. The van der Waals surface area contributed by atoms with Crippen molar-refractivity contribution in [3.8, 4) is 0 Å². The third kappa shape index (κ3) is 4.78. The van der Waals surface area contributed by atoms with E-state index in [1.165, 1.54) is 0 Å². The summed E-state index contributed by atoms with van der Waals surface area (Å²) in [7, 11) is 0. The van der Waals surface area contributed by atoms with Crippen molar-refractivity contribution in [2.24, 2.45) is 5.92 Å². The van der Waals surface area contributed by atoms with Gasteiger partial charge in [0.15, 0.2) is 0 Å². The summed E-state index contributed by atoms with van der Waals surface area (Å²) < 4.78 is 0. The van der Waals surface area contributed by atoms with Crippen LogP contribution in [0.15, 0.2) is 12.2 Å². The predicted octanol–water partition coefficient (Wildman–Crippen LogP) is 1.12. The molecular weight excluding hydrogens is 228 g/mol. The average molecular weight is 254 g/mol. The van der Waals surface area contributed by atoms with Gasteiger partial charge in [0.25, 0.3) is 0 Å². The Kier molecular flexibility index (Phi) is 6.36. The fourth-order valence-electron chi connectivity index (χ4n) is 2.47. The molecule has 1 aliphatic heterocycles. The molecule has 1 aliphatic rings. The number of hydrogen-bond donors (Lipinski definition) is 1. The molecule has 104 valence electrons. The van der Waals surface area contributed by atoms with Gasteiger partial charge in [-0.05, 0) is 39.2 Å². The van der Waals surface area contributed by atoms with E-state index in [4.69, 9.17) is 5.11 Å². The summed E-state index contributed by atoms with van der Waals surface area (Å²) in [6.07, 6.45) is 1.95. The Bertz CT molecular complexity index is 292. The molecule has 0 radical (unpaired) electrons. The molecule has 1 fully saturated rings. The van der Waals surface area contributed by atoms with Gasteiger partial charge in [-0.1, -0.05) is 12.2 Å². The molecule has 18 heavy (non-hydrogen) atoms. The Labute approximate surface area is 110 Å². The van der Waals surface area contributed by atoms with Crippen LogP contribution in [-0.4, -0.2) is 60.1 Å². The van der Waals surface area contributed by atoms with Crippen molar-refractivity contribution in [3.05, 3.63) is 12.2 Å². The van der Waals surface area contributed by atoms with Gasteiger partial charge in [0.05, 0.1) is 6.54 Å².